The number of carbonyl (C=O) groups is 3. The third-order valence-corrected chi connectivity index (χ3v) is 10.1. The maximum atomic E-state index is 12.8. The van der Waals surface area contributed by atoms with Crippen LogP contribution >= 0.6 is 0 Å². The molecule has 6 heteroatoms. The van der Waals surface area contributed by atoms with Gasteiger partial charge in [-0.05, 0) is 116 Å². The van der Waals surface area contributed by atoms with Gasteiger partial charge in [0.15, 0.2) is 6.10 Å². The number of hydrogen-bond acceptors (Lipinski definition) is 6. The SMILES string of the molecule is CC/C=C/C=C/C=C/CCCCCCCC(=O)OCC(COC(=O)CC/C=C/C/C=C/C/C=C/C/C=C/C/C=C/C/C=C/CC)OC(=O)CCC/C=C/C/C=C/C/C=C/C/C=C/CCCCC. The first-order valence-electron chi connectivity index (χ1n) is 26.0. The van der Waals surface area contributed by atoms with Gasteiger partial charge >= 0.3 is 17.9 Å². The van der Waals surface area contributed by atoms with Gasteiger partial charge in [0.25, 0.3) is 0 Å². The van der Waals surface area contributed by atoms with Crippen LogP contribution in [0.25, 0.3) is 0 Å². The van der Waals surface area contributed by atoms with E-state index in [1.54, 1.807) is 0 Å². The van der Waals surface area contributed by atoms with Crippen molar-refractivity contribution in [2.45, 2.75) is 194 Å². The van der Waals surface area contributed by atoms with Crippen molar-refractivity contribution < 1.29 is 28.6 Å². The number of esters is 3. The van der Waals surface area contributed by atoms with Crippen LogP contribution in [0.15, 0.2) is 158 Å². The molecule has 0 spiro atoms. The predicted octanol–water partition coefficient (Wildman–Crippen LogP) is 17.4. The Kier molecular flexibility index (Phi) is 49.7. The van der Waals surface area contributed by atoms with Gasteiger partial charge in [0.05, 0.1) is 0 Å². The standard InChI is InChI=1S/C61H92O6/c1-4-7-10-13-16-19-22-25-27-29-30-32-33-36-39-42-45-48-51-54-60(63)66-57-58(56-65-59(62)53-50-47-44-41-38-35-24-21-18-15-12-9-6-3)67-61(64)55-52-49-46-43-40-37-34-31-28-26-23-20-17-14-11-8-5-2/h7,9-10,12,15-21,24-28,30,32,34,36-37,39,43,45-46,48,58H,4-6,8,11,13-14,22-23,29,31,33,35,38,40-42,44,47,49-57H2,1-3H3/b10-7+,12-9+,18-15+,19-16+,20-17+,24-21+,27-25+,28-26+,32-30+,37-34+,39-36+,46-43+,48-45+. The summed E-state index contributed by atoms with van der Waals surface area (Å²) in [5.74, 6) is -1.12. The minimum absolute atomic E-state index is 0.142. The minimum atomic E-state index is -0.853. The van der Waals surface area contributed by atoms with E-state index in [0.717, 1.165) is 109 Å². The van der Waals surface area contributed by atoms with E-state index in [9.17, 15) is 14.4 Å². The molecule has 0 heterocycles. The average molecular weight is 921 g/mol. The molecule has 0 rings (SSSR count). The molecule has 67 heavy (non-hydrogen) atoms. The highest BCUT2D eigenvalue weighted by atomic mass is 16.6. The molecule has 0 aromatic carbocycles. The first-order chi connectivity index (χ1) is 33.0. The third-order valence-electron chi connectivity index (χ3n) is 10.1. The lowest BCUT2D eigenvalue weighted by Gasteiger charge is -2.18. The molecule has 0 fully saturated rings. The summed E-state index contributed by atoms with van der Waals surface area (Å²) >= 11 is 0. The quantitative estimate of drug-likeness (QED) is 0.0199. The van der Waals surface area contributed by atoms with Crippen molar-refractivity contribution in [2.75, 3.05) is 13.2 Å². The van der Waals surface area contributed by atoms with E-state index >= 15 is 0 Å². The molecule has 0 saturated carbocycles. The number of unbranched alkanes of at least 4 members (excludes halogenated alkanes) is 9. The number of carbonyl (C=O) groups excluding carboxylic acids is 3. The van der Waals surface area contributed by atoms with Crippen molar-refractivity contribution in [3.05, 3.63) is 158 Å². The minimum Gasteiger partial charge on any atom is -0.462 e. The predicted molar refractivity (Wildman–Crippen MR) is 288 cm³/mol. The first-order valence-corrected chi connectivity index (χ1v) is 26.0. The fourth-order valence-corrected chi connectivity index (χ4v) is 6.22. The van der Waals surface area contributed by atoms with Crippen LogP contribution in [0.5, 0.6) is 0 Å². The van der Waals surface area contributed by atoms with E-state index in [-0.39, 0.29) is 38.0 Å². The summed E-state index contributed by atoms with van der Waals surface area (Å²) in [5.41, 5.74) is 0. The lowest BCUT2D eigenvalue weighted by Crippen LogP contribution is -2.30. The molecule has 0 aliphatic carbocycles. The Bertz CT molecular complexity index is 1570. The molecule has 0 aromatic heterocycles. The van der Waals surface area contributed by atoms with Crippen LogP contribution in [0.2, 0.25) is 0 Å². The van der Waals surface area contributed by atoms with Crippen molar-refractivity contribution in [1.29, 1.82) is 0 Å². The van der Waals surface area contributed by atoms with Crippen molar-refractivity contribution in [1.82, 2.24) is 0 Å². The van der Waals surface area contributed by atoms with Gasteiger partial charge in [-0.1, -0.05) is 211 Å². The highest BCUT2D eigenvalue weighted by molar-refractivity contribution is 5.71. The van der Waals surface area contributed by atoms with E-state index < -0.39 is 12.1 Å². The molecule has 372 valence electrons. The van der Waals surface area contributed by atoms with Gasteiger partial charge in [-0.15, -0.1) is 0 Å². The number of allylic oxidation sites excluding steroid dienone is 26. The van der Waals surface area contributed by atoms with Crippen LogP contribution in [0.4, 0.5) is 0 Å². The second-order valence-corrected chi connectivity index (χ2v) is 16.4. The highest BCUT2D eigenvalue weighted by Crippen LogP contribution is 2.11. The Morgan fingerprint density at radius 1 is 0.328 bits per heavy atom. The lowest BCUT2D eigenvalue weighted by atomic mass is 10.1. The molecule has 0 bridgehead atoms. The summed E-state index contributed by atoms with van der Waals surface area (Å²) in [6.07, 6.45) is 78.1. The van der Waals surface area contributed by atoms with Crippen molar-refractivity contribution in [3.63, 3.8) is 0 Å². The van der Waals surface area contributed by atoms with E-state index in [4.69, 9.17) is 14.2 Å². The van der Waals surface area contributed by atoms with Gasteiger partial charge in [0.1, 0.15) is 13.2 Å². The molecule has 0 saturated heterocycles. The summed E-state index contributed by atoms with van der Waals surface area (Å²) in [6, 6.07) is 0. The van der Waals surface area contributed by atoms with Gasteiger partial charge in [0.2, 0.25) is 0 Å². The number of rotatable bonds is 44. The van der Waals surface area contributed by atoms with Crippen LogP contribution in [0, 0.1) is 0 Å². The molecule has 0 aromatic rings. The molecule has 6 nitrogen and oxygen atoms in total. The summed E-state index contributed by atoms with van der Waals surface area (Å²) in [5, 5.41) is 0. The molecule has 1 atom stereocenters. The molecule has 0 N–H and O–H groups in total. The van der Waals surface area contributed by atoms with Crippen LogP contribution in [-0.2, 0) is 28.6 Å². The van der Waals surface area contributed by atoms with Gasteiger partial charge in [-0.2, -0.15) is 0 Å². The Morgan fingerprint density at radius 2 is 0.701 bits per heavy atom. The van der Waals surface area contributed by atoms with Crippen molar-refractivity contribution in [2.24, 2.45) is 0 Å². The van der Waals surface area contributed by atoms with Crippen molar-refractivity contribution in [3.8, 4) is 0 Å². The Labute approximate surface area is 409 Å². The van der Waals surface area contributed by atoms with Crippen LogP contribution in [0.3, 0.4) is 0 Å². The lowest BCUT2D eigenvalue weighted by molar-refractivity contribution is -0.166. The Balaban J connectivity index is 4.65. The topological polar surface area (TPSA) is 78.9 Å². The van der Waals surface area contributed by atoms with E-state index in [2.05, 4.69) is 161 Å². The van der Waals surface area contributed by atoms with Gasteiger partial charge in [-0.3, -0.25) is 14.4 Å². The molecule has 0 aliphatic heterocycles. The summed E-state index contributed by atoms with van der Waals surface area (Å²) in [7, 11) is 0. The zero-order valence-corrected chi connectivity index (χ0v) is 42.3. The molecule has 0 amide bonds. The summed E-state index contributed by atoms with van der Waals surface area (Å²) in [6.45, 7) is 6.20. The fourth-order valence-electron chi connectivity index (χ4n) is 6.22. The molecular formula is C61H92O6. The smallest absolute Gasteiger partial charge is 0.306 e. The van der Waals surface area contributed by atoms with Gasteiger partial charge in [0, 0.05) is 19.3 Å². The average Bonchev–Trinajstić information content (AvgIpc) is 3.33. The molecule has 1 unspecified atom stereocenters. The normalized spacial score (nSPS) is 13.4. The monoisotopic (exact) mass is 921 g/mol. The van der Waals surface area contributed by atoms with E-state index in [1.807, 2.05) is 18.2 Å². The van der Waals surface area contributed by atoms with E-state index in [0.29, 0.717) is 19.3 Å². The third kappa shape index (κ3) is 51.9. The van der Waals surface area contributed by atoms with Crippen LogP contribution < -0.4 is 0 Å². The van der Waals surface area contributed by atoms with E-state index in [1.165, 1.54) is 25.7 Å². The second-order valence-electron chi connectivity index (χ2n) is 16.4. The first kappa shape index (κ1) is 62.0. The zero-order valence-electron chi connectivity index (χ0n) is 42.3. The van der Waals surface area contributed by atoms with Gasteiger partial charge < -0.3 is 14.2 Å². The van der Waals surface area contributed by atoms with Gasteiger partial charge in [-0.25, -0.2) is 0 Å². The van der Waals surface area contributed by atoms with Crippen LogP contribution in [-0.4, -0.2) is 37.2 Å². The molecule has 0 aliphatic rings. The highest BCUT2D eigenvalue weighted by Gasteiger charge is 2.19. The second kappa shape index (κ2) is 53.6. The number of ether oxygens (including phenoxy) is 3. The van der Waals surface area contributed by atoms with Crippen LogP contribution in [0.1, 0.15) is 188 Å². The summed E-state index contributed by atoms with van der Waals surface area (Å²) < 4.78 is 16.7. The Hall–Kier alpha value is -4.97. The molecule has 0 radical (unpaired) electrons. The zero-order chi connectivity index (χ0) is 48.6. The number of hydrogen-bond donors (Lipinski definition) is 0. The van der Waals surface area contributed by atoms with Crippen molar-refractivity contribution >= 4 is 17.9 Å². The fraction of sp³-hybridized carbons (Fsp3) is 0.525. The largest absolute Gasteiger partial charge is 0.462 e. The maximum absolute atomic E-state index is 12.8. The Morgan fingerprint density at radius 3 is 1.21 bits per heavy atom. The summed E-state index contributed by atoms with van der Waals surface area (Å²) in [4.78, 5) is 38.0. The molecular weight excluding hydrogens is 829 g/mol. The maximum Gasteiger partial charge on any atom is 0.306 e.